The maximum atomic E-state index is 13.4. The van der Waals surface area contributed by atoms with Crippen LogP contribution in [0.5, 0.6) is 11.5 Å². The fourth-order valence-corrected chi connectivity index (χ4v) is 5.84. The number of carboxylic acids is 1. The number of aliphatic hydroxyl groups excluding tert-OH is 1. The number of hydrogen-bond donors (Lipinski definition) is 3. The SMILES string of the molecule is CCCCN(CCCC)C(=O)CN1C[C@H](c2cc(CO)c3c(c2)OCO3)[C@@H](C(=O)O)[C@@H]1CCNS(C)(=O)=O. The van der Waals surface area contributed by atoms with Gasteiger partial charge >= 0.3 is 5.97 Å². The number of unbranched alkanes of at least 4 members (excludes halogenated alkanes) is 2. The molecule has 0 unspecified atom stereocenters. The maximum Gasteiger partial charge on any atom is 0.308 e. The van der Waals surface area contributed by atoms with E-state index < -0.39 is 33.9 Å². The number of sulfonamides is 1. The Kier molecular flexibility index (Phi) is 10.8. The summed E-state index contributed by atoms with van der Waals surface area (Å²) in [5, 5.41) is 20.2. The number of likely N-dealkylation sites (tertiary alicyclic amines) is 1. The minimum atomic E-state index is -3.46. The van der Waals surface area contributed by atoms with Crippen molar-refractivity contribution in [2.45, 2.75) is 64.5 Å². The van der Waals surface area contributed by atoms with Crippen LogP contribution in [0.15, 0.2) is 12.1 Å². The molecule has 2 heterocycles. The van der Waals surface area contributed by atoms with Crippen LogP contribution >= 0.6 is 0 Å². The van der Waals surface area contributed by atoms with E-state index in [1.54, 1.807) is 12.1 Å². The van der Waals surface area contributed by atoms with Gasteiger partial charge in [0.15, 0.2) is 11.5 Å². The Hall–Kier alpha value is -2.41. The summed E-state index contributed by atoms with van der Waals surface area (Å²) < 4.78 is 36.8. The summed E-state index contributed by atoms with van der Waals surface area (Å²) in [6.07, 6.45) is 4.98. The van der Waals surface area contributed by atoms with Gasteiger partial charge in [-0.1, -0.05) is 26.7 Å². The van der Waals surface area contributed by atoms with Crippen LogP contribution in [0.4, 0.5) is 0 Å². The first kappa shape index (κ1) is 30.1. The van der Waals surface area contributed by atoms with Crippen LogP contribution in [0.1, 0.15) is 63.0 Å². The van der Waals surface area contributed by atoms with E-state index in [-0.39, 0.29) is 38.8 Å². The van der Waals surface area contributed by atoms with E-state index in [9.17, 15) is 28.2 Å². The minimum Gasteiger partial charge on any atom is -0.481 e. The van der Waals surface area contributed by atoms with Crippen LogP contribution in [0.2, 0.25) is 0 Å². The average molecular weight is 556 g/mol. The van der Waals surface area contributed by atoms with E-state index >= 15 is 0 Å². The summed E-state index contributed by atoms with van der Waals surface area (Å²) in [7, 11) is -3.46. The van der Waals surface area contributed by atoms with Crippen LogP contribution in [0, 0.1) is 5.92 Å². The number of amides is 1. The molecule has 1 amide bonds. The van der Waals surface area contributed by atoms with Crippen LogP contribution in [-0.2, 0) is 26.2 Å². The Balaban J connectivity index is 1.92. The summed E-state index contributed by atoms with van der Waals surface area (Å²) in [5.41, 5.74) is 1.19. The highest BCUT2D eigenvalue weighted by Crippen LogP contribution is 2.44. The van der Waals surface area contributed by atoms with Crippen molar-refractivity contribution in [1.82, 2.24) is 14.5 Å². The Morgan fingerprint density at radius 1 is 1.16 bits per heavy atom. The molecule has 1 aromatic rings. The number of rotatable bonds is 15. The summed E-state index contributed by atoms with van der Waals surface area (Å²) in [4.78, 5) is 29.8. The molecule has 2 aliphatic heterocycles. The smallest absolute Gasteiger partial charge is 0.308 e. The van der Waals surface area contributed by atoms with E-state index in [0.717, 1.165) is 31.9 Å². The quantitative estimate of drug-likeness (QED) is 0.295. The highest BCUT2D eigenvalue weighted by molar-refractivity contribution is 7.88. The number of fused-ring (bicyclic) bond motifs is 1. The first-order valence-electron chi connectivity index (χ1n) is 13.3. The predicted molar refractivity (Wildman–Crippen MR) is 142 cm³/mol. The molecule has 3 N–H and O–H groups in total. The van der Waals surface area contributed by atoms with Crippen LogP contribution in [0.3, 0.4) is 0 Å². The molecule has 0 radical (unpaired) electrons. The van der Waals surface area contributed by atoms with Crippen molar-refractivity contribution in [2.24, 2.45) is 5.92 Å². The van der Waals surface area contributed by atoms with Gasteiger partial charge in [0.25, 0.3) is 0 Å². The Labute approximate surface area is 225 Å². The molecule has 0 bridgehead atoms. The third-order valence-corrected chi connectivity index (χ3v) is 7.99. The number of aliphatic carboxylic acids is 1. The van der Waals surface area contributed by atoms with Gasteiger partial charge in [-0.2, -0.15) is 0 Å². The second-order valence-corrected chi connectivity index (χ2v) is 11.9. The summed E-state index contributed by atoms with van der Waals surface area (Å²) in [6, 6.07) is 2.91. The molecule has 0 saturated carbocycles. The summed E-state index contributed by atoms with van der Waals surface area (Å²) in [5.74, 6) is -1.57. The van der Waals surface area contributed by atoms with Gasteiger partial charge < -0.3 is 24.6 Å². The number of carbonyl (C=O) groups excluding carboxylic acids is 1. The van der Waals surface area contributed by atoms with Crippen molar-refractivity contribution in [2.75, 3.05) is 45.8 Å². The predicted octanol–water partition coefficient (Wildman–Crippen LogP) is 1.74. The number of carbonyl (C=O) groups is 2. The lowest BCUT2D eigenvalue weighted by molar-refractivity contribution is -0.143. The van der Waals surface area contributed by atoms with Gasteiger partial charge in [-0.15, -0.1) is 0 Å². The molecular formula is C26H41N3O8S. The lowest BCUT2D eigenvalue weighted by atomic mass is 9.83. The van der Waals surface area contributed by atoms with Gasteiger partial charge in [-0.05, 0) is 37.0 Å². The largest absolute Gasteiger partial charge is 0.481 e. The fraction of sp³-hybridized carbons (Fsp3) is 0.692. The molecule has 11 nitrogen and oxygen atoms in total. The van der Waals surface area contributed by atoms with Crippen molar-refractivity contribution >= 4 is 21.9 Å². The molecule has 3 rings (SSSR count). The average Bonchev–Trinajstić information content (AvgIpc) is 3.47. The summed E-state index contributed by atoms with van der Waals surface area (Å²) >= 11 is 0. The highest BCUT2D eigenvalue weighted by Gasteiger charge is 2.47. The van der Waals surface area contributed by atoms with Gasteiger partial charge in [-0.3, -0.25) is 14.5 Å². The summed E-state index contributed by atoms with van der Waals surface area (Å²) in [6.45, 7) is 5.57. The molecule has 38 heavy (non-hydrogen) atoms. The van der Waals surface area contributed by atoms with E-state index in [4.69, 9.17) is 9.47 Å². The molecule has 12 heteroatoms. The lowest BCUT2D eigenvalue weighted by Gasteiger charge is -2.29. The van der Waals surface area contributed by atoms with Gasteiger partial charge in [0.05, 0.1) is 25.3 Å². The minimum absolute atomic E-state index is 0.0184. The molecule has 0 aliphatic carbocycles. The standard InChI is InChI=1S/C26H41N3O8S/c1-4-6-10-28(11-7-5-2)23(31)15-29-14-20(18-12-19(16-30)25-22(13-18)36-17-37-25)24(26(32)33)21(29)8-9-27-38(3,34)35/h12-13,20-21,24,27,30H,4-11,14-17H2,1-3H3,(H,32,33)/t20-,21+,24-/m1/s1. The molecule has 0 aromatic heterocycles. The number of hydrogen-bond acceptors (Lipinski definition) is 8. The van der Waals surface area contributed by atoms with E-state index in [2.05, 4.69) is 18.6 Å². The van der Waals surface area contributed by atoms with E-state index in [1.165, 1.54) is 0 Å². The maximum absolute atomic E-state index is 13.4. The number of carboxylic acid groups (broad SMARTS) is 1. The van der Waals surface area contributed by atoms with Crippen molar-refractivity contribution in [3.05, 3.63) is 23.3 Å². The van der Waals surface area contributed by atoms with Crippen molar-refractivity contribution in [1.29, 1.82) is 0 Å². The molecular weight excluding hydrogens is 514 g/mol. The fourth-order valence-electron chi connectivity index (χ4n) is 5.35. The zero-order valence-electron chi connectivity index (χ0n) is 22.5. The van der Waals surface area contributed by atoms with Gasteiger partial charge in [0.2, 0.25) is 22.7 Å². The second kappa shape index (κ2) is 13.6. The van der Waals surface area contributed by atoms with Gasteiger partial charge in [0, 0.05) is 43.7 Å². The number of nitrogens with zero attached hydrogens (tertiary/aromatic N) is 2. The first-order chi connectivity index (χ1) is 18.1. The van der Waals surface area contributed by atoms with Crippen LogP contribution in [0.25, 0.3) is 0 Å². The third kappa shape index (κ3) is 7.58. The zero-order chi connectivity index (χ0) is 27.9. The molecule has 0 spiro atoms. The molecule has 1 fully saturated rings. The normalized spacial score (nSPS) is 21.1. The van der Waals surface area contributed by atoms with Gasteiger partial charge in [-0.25, -0.2) is 13.1 Å². The highest BCUT2D eigenvalue weighted by atomic mass is 32.2. The van der Waals surface area contributed by atoms with Crippen molar-refractivity contribution in [3.63, 3.8) is 0 Å². The first-order valence-corrected chi connectivity index (χ1v) is 15.2. The molecule has 2 aliphatic rings. The zero-order valence-corrected chi connectivity index (χ0v) is 23.3. The topological polar surface area (TPSA) is 146 Å². The third-order valence-electron chi connectivity index (χ3n) is 7.26. The Morgan fingerprint density at radius 3 is 2.42 bits per heavy atom. The Morgan fingerprint density at radius 2 is 1.84 bits per heavy atom. The monoisotopic (exact) mass is 555 g/mol. The molecule has 3 atom stereocenters. The van der Waals surface area contributed by atoms with E-state index in [1.807, 2.05) is 9.80 Å². The van der Waals surface area contributed by atoms with Gasteiger partial charge in [0.1, 0.15) is 0 Å². The Bertz CT molecular complexity index is 1070. The second-order valence-electron chi connectivity index (χ2n) is 10.1. The van der Waals surface area contributed by atoms with E-state index in [0.29, 0.717) is 42.3 Å². The molecule has 1 saturated heterocycles. The van der Waals surface area contributed by atoms with Crippen molar-refractivity contribution < 1.29 is 37.7 Å². The number of aliphatic hydroxyl groups is 1. The number of nitrogens with one attached hydrogen (secondary N) is 1. The van der Waals surface area contributed by atoms with Crippen molar-refractivity contribution in [3.8, 4) is 11.5 Å². The van der Waals surface area contributed by atoms with Crippen LogP contribution in [-0.4, -0.2) is 92.1 Å². The number of benzene rings is 1. The lowest BCUT2D eigenvalue weighted by Crippen LogP contribution is -2.45. The molecule has 1 aromatic carbocycles. The molecule has 214 valence electrons. The van der Waals surface area contributed by atoms with Crippen LogP contribution < -0.4 is 14.2 Å². The number of ether oxygens (including phenoxy) is 2.